The zero-order valence-electron chi connectivity index (χ0n) is 11.1. The Hall–Kier alpha value is -2.08. The average Bonchev–Trinajstić information content (AvgIpc) is 2.94. The van der Waals surface area contributed by atoms with Crippen molar-refractivity contribution >= 4 is 28.3 Å². The summed E-state index contributed by atoms with van der Waals surface area (Å²) >= 11 is 1.72. The van der Waals surface area contributed by atoms with Gasteiger partial charge in [0.1, 0.15) is 11.3 Å². The Morgan fingerprint density at radius 1 is 1.20 bits per heavy atom. The molecule has 3 aromatic heterocycles. The molecule has 0 saturated heterocycles. The third-order valence-electron chi connectivity index (χ3n) is 3.60. The third-order valence-corrected chi connectivity index (χ3v) is 4.46. The molecular weight excluding hydrogens is 270 g/mol. The fourth-order valence-corrected chi connectivity index (χ4v) is 3.44. The number of aryl methyl sites for hydroxylation is 1. The summed E-state index contributed by atoms with van der Waals surface area (Å²) in [7, 11) is 0. The molecular formula is C14H13N5S. The van der Waals surface area contributed by atoms with Crippen LogP contribution >= 0.6 is 11.3 Å². The summed E-state index contributed by atoms with van der Waals surface area (Å²) in [5, 5.41) is 0. The smallest absolute Gasteiger partial charge is 0.180 e. The van der Waals surface area contributed by atoms with Crippen molar-refractivity contribution < 1.29 is 0 Å². The van der Waals surface area contributed by atoms with Gasteiger partial charge in [0.2, 0.25) is 0 Å². The minimum Gasteiger partial charge on any atom is -0.351 e. The van der Waals surface area contributed by atoms with Crippen LogP contribution in [0.15, 0.2) is 24.0 Å². The van der Waals surface area contributed by atoms with Crippen LogP contribution in [0, 0.1) is 6.92 Å². The van der Waals surface area contributed by atoms with Gasteiger partial charge in [0.25, 0.3) is 0 Å². The van der Waals surface area contributed by atoms with Crippen LogP contribution in [-0.2, 0) is 13.0 Å². The van der Waals surface area contributed by atoms with E-state index in [1.807, 2.05) is 5.51 Å². The van der Waals surface area contributed by atoms with Crippen molar-refractivity contribution in [1.82, 2.24) is 19.9 Å². The Morgan fingerprint density at radius 2 is 2.10 bits per heavy atom. The first kappa shape index (κ1) is 11.7. The molecule has 5 nitrogen and oxygen atoms in total. The molecule has 0 radical (unpaired) electrons. The lowest BCUT2D eigenvalue weighted by Gasteiger charge is -2.28. The van der Waals surface area contributed by atoms with Crippen LogP contribution in [0.25, 0.3) is 11.2 Å². The van der Waals surface area contributed by atoms with E-state index >= 15 is 0 Å². The van der Waals surface area contributed by atoms with Crippen LogP contribution in [-0.4, -0.2) is 26.5 Å². The van der Waals surface area contributed by atoms with Gasteiger partial charge in [0.15, 0.2) is 5.65 Å². The predicted octanol–water partition coefficient (Wildman–Crippen LogP) is 2.35. The number of anilines is 1. The van der Waals surface area contributed by atoms with E-state index in [0.29, 0.717) is 5.65 Å². The van der Waals surface area contributed by atoms with Crippen LogP contribution < -0.4 is 4.90 Å². The molecule has 0 atom stereocenters. The molecule has 0 aliphatic carbocycles. The quantitative estimate of drug-likeness (QED) is 0.686. The van der Waals surface area contributed by atoms with Gasteiger partial charge in [-0.05, 0) is 18.6 Å². The summed E-state index contributed by atoms with van der Waals surface area (Å²) in [5.41, 5.74) is 5.88. The van der Waals surface area contributed by atoms with Gasteiger partial charge in [0, 0.05) is 30.2 Å². The van der Waals surface area contributed by atoms with E-state index in [-0.39, 0.29) is 0 Å². The first-order valence-electron chi connectivity index (χ1n) is 6.56. The van der Waals surface area contributed by atoms with Crippen LogP contribution in [0.3, 0.4) is 0 Å². The van der Waals surface area contributed by atoms with Gasteiger partial charge < -0.3 is 4.90 Å². The van der Waals surface area contributed by atoms with E-state index in [4.69, 9.17) is 4.98 Å². The molecule has 0 amide bonds. The summed E-state index contributed by atoms with van der Waals surface area (Å²) in [6.45, 7) is 3.93. The Kier molecular flexibility index (Phi) is 2.63. The number of rotatable bonds is 1. The van der Waals surface area contributed by atoms with Crippen LogP contribution in [0.4, 0.5) is 5.82 Å². The highest BCUT2D eigenvalue weighted by Crippen LogP contribution is 2.28. The van der Waals surface area contributed by atoms with E-state index in [1.54, 1.807) is 23.7 Å². The number of fused-ring (bicyclic) bond motifs is 2. The predicted molar refractivity (Wildman–Crippen MR) is 78.9 cm³/mol. The zero-order valence-corrected chi connectivity index (χ0v) is 11.9. The Bertz CT molecular complexity index is 782. The molecule has 1 aliphatic heterocycles. The Morgan fingerprint density at radius 3 is 3.05 bits per heavy atom. The molecule has 1 aliphatic rings. The number of thiazole rings is 1. The van der Waals surface area contributed by atoms with Gasteiger partial charge in [-0.15, -0.1) is 11.3 Å². The number of aromatic nitrogens is 4. The summed E-state index contributed by atoms with van der Waals surface area (Å²) in [6.07, 6.45) is 4.37. The largest absolute Gasteiger partial charge is 0.351 e. The van der Waals surface area contributed by atoms with Gasteiger partial charge in [-0.1, -0.05) is 0 Å². The fraction of sp³-hybridized carbons (Fsp3) is 0.286. The minimum atomic E-state index is 0.711. The monoisotopic (exact) mass is 283 g/mol. The highest BCUT2D eigenvalue weighted by molar-refractivity contribution is 7.09. The van der Waals surface area contributed by atoms with E-state index in [2.05, 4.69) is 32.8 Å². The first-order chi connectivity index (χ1) is 9.81. The number of hydrogen-bond donors (Lipinski definition) is 0. The summed E-state index contributed by atoms with van der Waals surface area (Å²) in [4.78, 5) is 21.4. The van der Waals surface area contributed by atoms with Crippen molar-refractivity contribution in [3.8, 4) is 0 Å². The van der Waals surface area contributed by atoms with E-state index in [1.165, 1.54) is 10.6 Å². The van der Waals surface area contributed by atoms with Crippen molar-refractivity contribution in [3.05, 3.63) is 40.1 Å². The lowest BCUT2D eigenvalue weighted by atomic mass is 10.1. The number of pyridine rings is 1. The second kappa shape index (κ2) is 4.49. The molecule has 0 aromatic carbocycles. The molecule has 0 unspecified atom stereocenters. The SMILES string of the molecule is Cc1cc2nccnc2nc1N1CCc2ncsc2C1. The highest BCUT2D eigenvalue weighted by Gasteiger charge is 2.21. The molecule has 0 fully saturated rings. The van der Waals surface area contributed by atoms with Gasteiger partial charge in [-0.2, -0.15) is 0 Å². The maximum absolute atomic E-state index is 4.69. The first-order valence-corrected chi connectivity index (χ1v) is 7.44. The summed E-state index contributed by atoms with van der Waals surface area (Å²) in [5.74, 6) is 1.01. The molecule has 4 heterocycles. The lowest BCUT2D eigenvalue weighted by Crippen LogP contribution is -2.31. The second-order valence-electron chi connectivity index (χ2n) is 4.92. The van der Waals surface area contributed by atoms with Crippen LogP contribution in [0.2, 0.25) is 0 Å². The molecule has 0 bridgehead atoms. The van der Waals surface area contributed by atoms with E-state index < -0.39 is 0 Å². The lowest BCUT2D eigenvalue weighted by molar-refractivity contribution is 0.717. The van der Waals surface area contributed by atoms with Crippen molar-refractivity contribution in [2.45, 2.75) is 19.9 Å². The Balaban J connectivity index is 1.77. The maximum Gasteiger partial charge on any atom is 0.180 e. The minimum absolute atomic E-state index is 0.711. The molecule has 6 heteroatoms. The molecule has 0 spiro atoms. The second-order valence-corrected chi connectivity index (χ2v) is 5.86. The van der Waals surface area contributed by atoms with Gasteiger partial charge in [-0.25, -0.2) is 15.0 Å². The van der Waals surface area contributed by atoms with Crippen molar-refractivity contribution in [2.75, 3.05) is 11.4 Å². The standard InChI is InChI=1S/C14H13N5S/c1-9-6-11-13(16-4-3-15-11)18-14(9)19-5-2-10-12(7-19)20-8-17-10/h3-4,6,8H,2,5,7H2,1H3. The van der Waals surface area contributed by atoms with Crippen molar-refractivity contribution in [3.63, 3.8) is 0 Å². The number of nitrogens with zero attached hydrogens (tertiary/aromatic N) is 5. The molecule has 20 heavy (non-hydrogen) atoms. The third kappa shape index (κ3) is 1.84. The van der Waals surface area contributed by atoms with E-state index in [0.717, 1.165) is 36.4 Å². The molecule has 100 valence electrons. The summed E-state index contributed by atoms with van der Waals surface area (Å²) < 4.78 is 0. The van der Waals surface area contributed by atoms with Gasteiger partial charge in [-0.3, -0.25) is 4.98 Å². The number of hydrogen-bond acceptors (Lipinski definition) is 6. The molecule has 4 rings (SSSR count). The maximum atomic E-state index is 4.69. The Labute approximate surface area is 120 Å². The highest BCUT2D eigenvalue weighted by atomic mass is 32.1. The van der Waals surface area contributed by atoms with Crippen LogP contribution in [0.5, 0.6) is 0 Å². The van der Waals surface area contributed by atoms with Gasteiger partial charge >= 0.3 is 0 Å². The molecule has 0 saturated carbocycles. The molecule has 3 aromatic rings. The summed E-state index contributed by atoms with van der Waals surface area (Å²) in [6, 6.07) is 2.06. The topological polar surface area (TPSA) is 54.8 Å². The van der Waals surface area contributed by atoms with Crippen molar-refractivity contribution in [2.24, 2.45) is 0 Å². The zero-order chi connectivity index (χ0) is 13.5. The normalized spacial score (nSPS) is 14.6. The average molecular weight is 283 g/mol. The van der Waals surface area contributed by atoms with Crippen LogP contribution in [0.1, 0.15) is 16.1 Å². The van der Waals surface area contributed by atoms with E-state index in [9.17, 15) is 0 Å². The fourth-order valence-electron chi connectivity index (χ4n) is 2.61. The van der Waals surface area contributed by atoms with Gasteiger partial charge in [0.05, 0.1) is 17.7 Å². The molecule has 0 N–H and O–H groups in total. The van der Waals surface area contributed by atoms with Crippen molar-refractivity contribution in [1.29, 1.82) is 0 Å².